The van der Waals surface area contributed by atoms with E-state index < -0.39 is 26.1 Å². The Labute approximate surface area is 101 Å². The Balaban J connectivity index is 2.74. The van der Waals surface area contributed by atoms with Crippen LogP contribution in [-0.2, 0) is 4.79 Å². The first-order valence-corrected chi connectivity index (χ1v) is 7.09. The molecular formula is C11H10F3NO2S. The molecule has 0 atom stereocenters. The number of hydrogen-bond acceptors (Lipinski definition) is 2. The molecular weight excluding hydrogens is 267 g/mol. The summed E-state index contributed by atoms with van der Waals surface area (Å²) in [5.74, 6) is -1.64. The van der Waals surface area contributed by atoms with Gasteiger partial charge in [0.25, 0.3) is 0 Å². The first-order chi connectivity index (χ1) is 8.05. The van der Waals surface area contributed by atoms with E-state index in [1.54, 1.807) is 0 Å². The molecule has 0 fully saturated rings. The molecule has 1 heterocycles. The molecule has 0 spiro atoms. The van der Waals surface area contributed by atoms with Gasteiger partial charge in [0.1, 0.15) is 0 Å². The van der Waals surface area contributed by atoms with Gasteiger partial charge in [-0.2, -0.15) is 4.40 Å². The second kappa shape index (κ2) is 2.97. The zero-order valence-corrected chi connectivity index (χ0v) is 10.1. The van der Waals surface area contributed by atoms with E-state index in [-0.39, 0.29) is 5.41 Å². The SMILES string of the molecule is Cc1cccc(S2(F)(F)(F)C=C(C(=O)O)C=N2)c1. The number of aliphatic carboxylic acids is 1. The number of nitrogens with zero attached hydrogens (tertiary/aromatic N) is 1. The Morgan fingerprint density at radius 1 is 1.33 bits per heavy atom. The number of hydrogen-bond donors (Lipinski definition) is 1. The number of carboxylic acids is 1. The Morgan fingerprint density at radius 3 is 2.50 bits per heavy atom. The van der Waals surface area contributed by atoms with E-state index in [4.69, 9.17) is 5.11 Å². The fourth-order valence-electron chi connectivity index (χ4n) is 1.62. The van der Waals surface area contributed by atoms with Crippen molar-refractivity contribution >= 4 is 21.8 Å². The molecule has 0 bridgehead atoms. The van der Waals surface area contributed by atoms with Crippen molar-refractivity contribution in [3.8, 4) is 0 Å². The zero-order valence-electron chi connectivity index (χ0n) is 9.31. The summed E-state index contributed by atoms with van der Waals surface area (Å²) >= 11 is 0. The van der Waals surface area contributed by atoms with Crippen molar-refractivity contribution in [1.82, 2.24) is 0 Å². The Morgan fingerprint density at radius 2 is 2.00 bits per heavy atom. The first kappa shape index (κ1) is 12.7. The van der Waals surface area contributed by atoms with Crippen molar-refractivity contribution < 1.29 is 21.6 Å². The van der Waals surface area contributed by atoms with Gasteiger partial charge in [-0.1, -0.05) is 12.1 Å². The fourth-order valence-corrected chi connectivity index (χ4v) is 3.79. The van der Waals surface area contributed by atoms with E-state index in [0.29, 0.717) is 11.8 Å². The minimum absolute atomic E-state index is 0.156. The number of carbonyl (C=O) groups is 1. The fraction of sp³-hybridized carbons (Fsp3) is 0.0909. The topological polar surface area (TPSA) is 49.7 Å². The number of halogens is 3. The van der Waals surface area contributed by atoms with E-state index >= 15 is 0 Å². The summed E-state index contributed by atoms with van der Waals surface area (Å²) in [4.78, 5) is 9.73. The Kier molecular flexibility index (Phi) is 2.10. The van der Waals surface area contributed by atoms with Crippen LogP contribution >= 0.6 is 9.64 Å². The van der Waals surface area contributed by atoms with Crippen molar-refractivity contribution in [1.29, 1.82) is 0 Å². The normalized spacial score (nSPS) is 26.3. The molecule has 1 N–H and O–H groups in total. The molecule has 1 aromatic carbocycles. The van der Waals surface area contributed by atoms with Crippen LogP contribution in [0.4, 0.5) is 11.7 Å². The highest BCUT2D eigenvalue weighted by molar-refractivity contribution is 8.55. The summed E-state index contributed by atoms with van der Waals surface area (Å²) in [5, 5.41) is 8.48. The molecule has 0 amide bonds. The van der Waals surface area contributed by atoms with Crippen molar-refractivity contribution in [2.24, 2.45) is 4.40 Å². The summed E-state index contributed by atoms with van der Waals surface area (Å²) in [6.45, 7) is 1.53. The van der Waals surface area contributed by atoms with Gasteiger partial charge in [0, 0.05) is 0 Å². The molecule has 2 rings (SSSR count). The molecule has 7 heteroatoms. The molecule has 1 aromatic rings. The quantitative estimate of drug-likeness (QED) is 0.892. The average molecular weight is 277 g/mol. The number of rotatable bonds is 2. The van der Waals surface area contributed by atoms with E-state index in [1.807, 2.05) is 0 Å². The van der Waals surface area contributed by atoms with Crippen molar-refractivity contribution in [3.05, 3.63) is 40.8 Å². The lowest BCUT2D eigenvalue weighted by Crippen LogP contribution is -2.12. The Hall–Kier alpha value is -1.76. The van der Waals surface area contributed by atoms with Gasteiger partial charge < -0.3 is 5.11 Å². The van der Waals surface area contributed by atoms with Gasteiger partial charge in [-0.15, -0.1) is 11.7 Å². The lowest BCUT2D eigenvalue weighted by Gasteiger charge is -2.50. The first-order valence-electron chi connectivity index (χ1n) is 4.92. The molecule has 0 radical (unpaired) electrons. The molecule has 1 aliphatic heterocycles. The molecule has 1 aliphatic rings. The van der Waals surface area contributed by atoms with Crippen molar-refractivity contribution in [2.45, 2.75) is 11.8 Å². The molecule has 98 valence electrons. The van der Waals surface area contributed by atoms with Gasteiger partial charge in [-0.3, -0.25) is 0 Å². The highest BCUT2D eigenvalue weighted by Gasteiger charge is 2.64. The number of aryl methyl sites for hydroxylation is 1. The van der Waals surface area contributed by atoms with Crippen LogP contribution in [0.25, 0.3) is 0 Å². The molecule has 18 heavy (non-hydrogen) atoms. The van der Waals surface area contributed by atoms with Gasteiger partial charge in [0.2, 0.25) is 0 Å². The van der Waals surface area contributed by atoms with Crippen LogP contribution in [0.2, 0.25) is 0 Å². The predicted octanol–water partition coefficient (Wildman–Crippen LogP) is 3.85. The maximum atomic E-state index is 14.5. The van der Waals surface area contributed by atoms with Crippen LogP contribution in [-0.4, -0.2) is 17.3 Å². The van der Waals surface area contributed by atoms with Crippen LogP contribution < -0.4 is 0 Å². The third-order valence-corrected chi connectivity index (χ3v) is 5.13. The van der Waals surface area contributed by atoms with E-state index in [9.17, 15) is 16.5 Å². The summed E-state index contributed by atoms with van der Waals surface area (Å²) in [6, 6.07) is 4.69. The molecule has 0 saturated heterocycles. The van der Waals surface area contributed by atoms with Crippen LogP contribution in [0.15, 0.2) is 44.5 Å². The van der Waals surface area contributed by atoms with Gasteiger partial charge in [-0.05, 0) is 24.6 Å². The second-order valence-corrected chi connectivity index (χ2v) is 7.43. The van der Waals surface area contributed by atoms with E-state index in [2.05, 4.69) is 4.40 Å². The summed E-state index contributed by atoms with van der Waals surface area (Å²) < 4.78 is 46.0. The summed E-state index contributed by atoms with van der Waals surface area (Å²) in [6.07, 6.45) is 0.367. The van der Waals surface area contributed by atoms with Crippen molar-refractivity contribution in [2.75, 3.05) is 0 Å². The van der Waals surface area contributed by atoms with Crippen LogP contribution in [0.5, 0.6) is 0 Å². The maximum absolute atomic E-state index is 14.5. The average Bonchev–Trinajstić information content (AvgIpc) is 2.54. The molecule has 0 aliphatic carbocycles. The number of benzene rings is 1. The monoisotopic (exact) mass is 277 g/mol. The smallest absolute Gasteiger partial charge is 0.338 e. The van der Waals surface area contributed by atoms with Crippen LogP contribution in [0, 0.1) is 6.92 Å². The van der Waals surface area contributed by atoms with E-state index in [0.717, 1.165) is 12.1 Å². The van der Waals surface area contributed by atoms with Gasteiger partial charge >= 0.3 is 5.97 Å². The Bertz CT molecular complexity index is 628. The molecule has 0 unspecified atom stereocenters. The highest BCUT2D eigenvalue weighted by Crippen LogP contribution is 3.02. The van der Waals surface area contributed by atoms with Gasteiger partial charge in [0.05, 0.1) is 22.1 Å². The van der Waals surface area contributed by atoms with Gasteiger partial charge in [-0.25, -0.2) is 4.79 Å². The lowest BCUT2D eigenvalue weighted by molar-refractivity contribution is -0.131. The minimum atomic E-state index is -7.52. The minimum Gasteiger partial charge on any atom is -0.478 e. The van der Waals surface area contributed by atoms with Crippen LogP contribution in [0.1, 0.15) is 5.56 Å². The largest absolute Gasteiger partial charge is 0.478 e. The highest BCUT2D eigenvalue weighted by atomic mass is 32.4. The summed E-state index contributed by atoms with van der Waals surface area (Å²) in [5.41, 5.74) is -0.404. The zero-order chi connectivity index (χ0) is 13.7. The molecule has 0 aromatic heterocycles. The number of carboxylic acid groups (broad SMARTS) is 1. The maximum Gasteiger partial charge on any atom is 0.338 e. The summed E-state index contributed by atoms with van der Waals surface area (Å²) in [7, 11) is -7.52. The third-order valence-electron chi connectivity index (χ3n) is 2.54. The second-order valence-electron chi connectivity index (χ2n) is 4.12. The predicted molar refractivity (Wildman–Crippen MR) is 64.6 cm³/mol. The standard InChI is InChI=1S/C11H10F3NO2S/c1-8-3-2-4-10(5-8)18(12,13,14)7-9(6-15-18)11(16)17/h2-7H,1H3,(H,16,17). The third kappa shape index (κ3) is 1.80. The lowest BCUT2D eigenvalue weighted by atomic mass is 10.2. The van der Waals surface area contributed by atoms with Gasteiger partial charge in [0.15, 0.2) is 9.64 Å². The van der Waals surface area contributed by atoms with Crippen LogP contribution in [0.3, 0.4) is 0 Å². The molecule has 3 nitrogen and oxygen atoms in total. The molecule has 0 saturated carbocycles. The van der Waals surface area contributed by atoms with Crippen molar-refractivity contribution in [3.63, 3.8) is 0 Å². The van der Waals surface area contributed by atoms with E-state index in [1.165, 1.54) is 19.1 Å².